The Kier molecular flexibility index (Phi) is 4.07. The van der Waals surface area contributed by atoms with E-state index in [1.54, 1.807) is 19.1 Å². The van der Waals surface area contributed by atoms with Crippen molar-refractivity contribution in [3.05, 3.63) is 33.4 Å². The second-order valence-electron chi connectivity index (χ2n) is 4.66. The maximum absolute atomic E-state index is 10.8. The van der Waals surface area contributed by atoms with Crippen LogP contribution in [0, 0.1) is 23.0 Å². The molecule has 1 aromatic rings. The van der Waals surface area contributed by atoms with Crippen LogP contribution in [0.15, 0.2) is 12.1 Å². The van der Waals surface area contributed by atoms with Gasteiger partial charge in [-0.2, -0.15) is 0 Å². The topological polar surface area (TPSA) is 89.4 Å². The number of phenolic OH excluding ortho intramolecular Hbond substituents is 1. The molecule has 0 aromatic heterocycles. The fourth-order valence-corrected chi connectivity index (χ4v) is 1.86. The molecule has 0 radical (unpaired) electrons. The number of hydrogen-bond donors (Lipinski definition) is 2. The number of nitro groups is 1. The largest absolute Gasteiger partial charge is 0.502 e. The highest BCUT2D eigenvalue weighted by atomic mass is 16.6. The van der Waals surface area contributed by atoms with Gasteiger partial charge in [0.25, 0.3) is 0 Å². The first-order valence-electron chi connectivity index (χ1n) is 5.57. The predicted octanol–water partition coefficient (Wildman–Crippen LogP) is 2.65. The molecule has 0 spiro atoms. The smallest absolute Gasteiger partial charge is 0.313 e. The molecule has 0 bridgehead atoms. The molecule has 1 aromatic carbocycles. The average Bonchev–Trinajstić information content (AvgIpc) is 2.15. The highest BCUT2D eigenvalue weighted by molar-refractivity contribution is 5.56. The minimum Gasteiger partial charge on any atom is -0.502 e. The third kappa shape index (κ3) is 2.94. The molecule has 5 heteroatoms. The van der Waals surface area contributed by atoms with Crippen LogP contribution in [0.4, 0.5) is 5.69 Å². The second-order valence-corrected chi connectivity index (χ2v) is 4.66. The average molecular weight is 238 g/mol. The maximum atomic E-state index is 10.8. The quantitative estimate of drug-likeness (QED) is 0.623. The van der Waals surface area contributed by atoms with Crippen molar-refractivity contribution in [2.45, 2.75) is 33.2 Å². The van der Waals surface area contributed by atoms with Gasteiger partial charge in [-0.3, -0.25) is 10.1 Å². The van der Waals surface area contributed by atoms with Gasteiger partial charge < -0.3 is 10.8 Å². The van der Waals surface area contributed by atoms with Crippen molar-refractivity contribution in [2.75, 3.05) is 0 Å². The van der Waals surface area contributed by atoms with Crippen LogP contribution < -0.4 is 5.73 Å². The van der Waals surface area contributed by atoms with Gasteiger partial charge in [-0.05, 0) is 19.3 Å². The van der Waals surface area contributed by atoms with Gasteiger partial charge in [0, 0.05) is 17.2 Å². The van der Waals surface area contributed by atoms with Crippen molar-refractivity contribution < 1.29 is 10.0 Å². The van der Waals surface area contributed by atoms with Crippen molar-refractivity contribution in [3.63, 3.8) is 0 Å². The Bertz CT molecular complexity index is 430. The molecular formula is C12H18N2O3. The van der Waals surface area contributed by atoms with E-state index in [4.69, 9.17) is 5.73 Å². The lowest BCUT2D eigenvalue weighted by Gasteiger charge is -2.16. The summed E-state index contributed by atoms with van der Waals surface area (Å²) in [5, 5.41) is 20.7. The fraction of sp³-hybridized carbons (Fsp3) is 0.500. The molecule has 0 fully saturated rings. The van der Waals surface area contributed by atoms with Crippen molar-refractivity contribution in [2.24, 2.45) is 11.7 Å². The van der Waals surface area contributed by atoms with E-state index in [-0.39, 0.29) is 17.5 Å². The van der Waals surface area contributed by atoms with Gasteiger partial charge in [-0.1, -0.05) is 26.0 Å². The fourth-order valence-electron chi connectivity index (χ4n) is 1.86. The molecule has 1 atom stereocenters. The molecule has 0 aliphatic rings. The number of nitrogens with zero attached hydrogens (tertiary/aromatic N) is 1. The summed E-state index contributed by atoms with van der Waals surface area (Å²) in [5.74, 6) is 0.0629. The number of aryl methyl sites for hydroxylation is 1. The van der Waals surface area contributed by atoms with E-state index in [1.807, 2.05) is 13.8 Å². The molecular weight excluding hydrogens is 220 g/mol. The van der Waals surface area contributed by atoms with Crippen molar-refractivity contribution in [1.29, 1.82) is 0 Å². The van der Waals surface area contributed by atoms with E-state index in [0.29, 0.717) is 23.5 Å². The number of phenols is 1. The number of rotatable bonds is 4. The number of nitrogens with two attached hydrogens (primary N) is 1. The molecule has 0 saturated heterocycles. The minimum absolute atomic E-state index is 0.248. The van der Waals surface area contributed by atoms with Gasteiger partial charge in [0.2, 0.25) is 0 Å². The Morgan fingerprint density at radius 3 is 2.53 bits per heavy atom. The maximum Gasteiger partial charge on any atom is 0.313 e. The number of aromatic hydroxyl groups is 1. The lowest BCUT2D eigenvalue weighted by molar-refractivity contribution is -0.386. The number of nitro benzene ring substituents is 1. The molecule has 17 heavy (non-hydrogen) atoms. The van der Waals surface area contributed by atoms with Crippen molar-refractivity contribution >= 4 is 5.69 Å². The Morgan fingerprint density at radius 2 is 2.06 bits per heavy atom. The number of benzene rings is 1. The molecule has 0 amide bonds. The molecule has 3 N–H and O–H groups in total. The Morgan fingerprint density at radius 1 is 1.47 bits per heavy atom. The molecule has 0 saturated carbocycles. The normalized spacial score (nSPS) is 12.8. The van der Waals surface area contributed by atoms with Gasteiger partial charge in [-0.25, -0.2) is 0 Å². The zero-order valence-corrected chi connectivity index (χ0v) is 10.3. The van der Waals surface area contributed by atoms with E-state index in [9.17, 15) is 15.2 Å². The first kappa shape index (κ1) is 13.4. The minimum atomic E-state index is -0.573. The standard InChI is InChI=1S/C12H18N2O3/c1-7(2)6-10(13)9-5-4-8(3)11(12(9)15)14(16)17/h4-5,7,10,15H,6,13H2,1-3H3/t10-/m1/s1. The zero-order chi connectivity index (χ0) is 13.2. The highest BCUT2D eigenvalue weighted by Gasteiger charge is 2.23. The molecule has 0 aliphatic carbocycles. The highest BCUT2D eigenvalue weighted by Crippen LogP contribution is 2.37. The molecule has 94 valence electrons. The van der Waals surface area contributed by atoms with Crippen LogP contribution in [0.25, 0.3) is 0 Å². The second kappa shape index (κ2) is 5.14. The van der Waals surface area contributed by atoms with Gasteiger partial charge in [-0.15, -0.1) is 0 Å². The van der Waals surface area contributed by atoms with Crippen molar-refractivity contribution in [3.8, 4) is 5.75 Å². The summed E-state index contributed by atoms with van der Waals surface area (Å²) in [6.45, 7) is 5.62. The van der Waals surface area contributed by atoms with Gasteiger partial charge in [0.1, 0.15) is 0 Å². The van der Waals surface area contributed by atoms with Crippen LogP contribution in [-0.2, 0) is 0 Å². The van der Waals surface area contributed by atoms with Crippen LogP contribution in [0.1, 0.15) is 37.4 Å². The van der Waals surface area contributed by atoms with E-state index in [2.05, 4.69) is 0 Å². The van der Waals surface area contributed by atoms with Gasteiger partial charge >= 0.3 is 5.69 Å². The number of hydrogen-bond acceptors (Lipinski definition) is 4. The summed E-state index contributed by atoms with van der Waals surface area (Å²) in [4.78, 5) is 10.3. The Hall–Kier alpha value is -1.62. The van der Waals surface area contributed by atoms with Gasteiger partial charge in [0.05, 0.1) is 4.92 Å². The Labute approximate surface area is 100 Å². The lowest BCUT2D eigenvalue weighted by Crippen LogP contribution is -2.13. The SMILES string of the molecule is Cc1ccc([C@H](N)CC(C)C)c(O)c1[N+](=O)[O-]. The van der Waals surface area contributed by atoms with Crippen LogP contribution in [0.2, 0.25) is 0 Å². The van der Waals surface area contributed by atoms with E-state index in [1.165, 1.54) is 0 Å². The molecule has 0 aliphatic heterocycles. The van der Waals surface area contributed by atoms with Gasteiger partial charge in [0.15, 0.2) is 5.75 Å². The third-order valence-corrected chi connectivity index (χ3v) is 2.69. The van der Waals surface area contributed by atoms with Crippen LogP contribution in [-0.4, -0.2) is 10.0 Å². The van der Waals surface area contributed by atoms with E-state index >= 15 is 0 Å². The van der Waals surface area contributed by atoms with E-state index in [0.717, 1.165) is 0 Å². The lowest BCUT2D eigenvalue weighted by atomic mass is 9.95. The van der Waals surface area contributed by atoms with Crippen LogP contribution >= 0.6 is 0 Å². The third-order valence-electron chi connectivity index (χ3n) is 2.69. The van der Waals surface area contributed by atoms with Crippen molar-refractivity contribution in [1.82, 2.24) is 0 Å². The predicted molar refractivity (Wildman–Crippen MR) is 65.9 cm³/mol. The first-order valence-corrected chi connectivity index (χ1v) is 5.57. The van der Waals surface area contributed by atoms with Crippen LogP contribution in [0.3, 0.4) is 0 Å². The summed E-state index contributed by atoms with van der Waals surface area (Å²) >= 11 is 0. The first-order chi connectivity index (χ1) is 7.84. The molecule has 1 rings (SSSR count). The summed E-state index contributed by atoms with van der Waals surface area (Å²) in [5.41, 5.74) is 6.56. The summed E-state index contributed by atoms with van der Waals surface area (Å²) in [6.07, 6.45) is 0.674. The van der Waals surface area contributed by atoms with E-state index < -0.39 is 4.92 Å². The summed E-state index contributed by atoms with van der Waals surface area (Å²) in [6, 6.07) is 2.90. The molecule has 0 unspecified atom stereocenters. The summed E-state index contributed by atoms with van der Waals surface area (Å²) < 4.78 is 0. The van der Waals surface area contributed by atoms with Crippen LogP contribution in [0.5, 0.6) is 5.75 Å². The molecule has 0 heterocycles. The summed E-state index contributed by atoms with van der Waals surface area (Å²) in [7, 11) is 0. The monoisotopic (exact) mass is 238 g/mol. The Balaban J connectivity index is 3.19. The molecule has 5 nitrogen and oxygen atoms in total. The zero-order valence-electron chi connectivity index (χ0n) is 10.3.